The fraction of sp³-hybridized carbons (Fsp3) is 0.529. The number of aliphatic carboxylic acids is 1. The molecule has 1 fully saturated rings. The lowest BCUT2D eigenvalue weighted by Gasteiger charge is -2.13. The van der Waals surface area contributed by atoms with E-state index in [2.05, 4.69) is 10.3 Å². The van der Waals surface area contributed by atoms with Gasteiger partial charge >= 0.3 is 5.97 Å². The maximum absolute atomic E-state index is 12.8. The van der Waals surface area contributed by atoms with E-state index < -0.39 is 11.9 Å². The zero-order valence-corrected chi connectivity index (χ0v) is 14.5. The average Bonchev–Trinajstić information content (AvgIpc) is 3.25. The van der Waals surface area contributed by atoms with Crippen molar-refractivity contribution in [1.29, 1.82) is 0 Å². The van der Waals surface area contributed by atoms with Crippen LogP contribution in [0.2, 0.25) is 0 Å². The number of carboxylic acids is 1. The molecule has 2 aromatic heterocycles. The number of carbonyl (C=O) groups excluding carboxylic acids is 1. The zero-order chi connectivity index (χ0) is 17.6. The van der Waals surface area contributed by atoms with Gasteiger partial charge in [0.2, 0.25) is 5.91 Å². The number of fused-ring (bicyclic) bond motifs is 3. The van der Waals surface area contributed by atoms with Crippen molar-refractivity contribution >= 4 is 33.4 Å². The van der Waals surface area contributed by atoms with E-state index in [-0.39, 0.29) is 24.1 Å². The predicted octanol–water partition coefficient (Wildman–Crippen LogP) is 1.63. The van der Waals surface area contributed by atoms with E-state index in [1.54, 1.807) is 0 Å². The van der Waals surface area contributed by atoms with Crippen LogP contribution >= 0.6 is 11.3 Å². The third-order valence-electron chi connectivity index (χ3n) is 5.13. The van der Waals surface area contributed by atoms with E-state index in [9.17, 15) is 19.5 Å². The summed E-state index contributed by atoms with van der Waals surface area (Å²) in [6.07, 6.45) is 6.77. The van der Waals surface area contributed by atoms with Crippen molar-refractivity contribution < 1.29 is 14.7 Å². The minimum atomic E-state index is -0.910. The zero-order valence-electron chi connectivity index (χ0n) is 13.7. The summed E-state index contributed by atoms with van der Waals surface area (Å²) in [5, 5.41) is 12.7. The maximum atomic E-state index is 12.8. The van der Waals surface area contributed by atoms with E-state index in [0.29, 0.717) is 28.6 Å². The van der Waals surface area contributed by atoms with E-state index in [1.165, 1.54) is 22.2 Å². The monoisotopic (exact) mass is 361 g/mol. The van der Waals surface area contributed by atoms with Crippen LogP contribution in [0, 0.1) is 0 Å². The second-order valence-electron chi connectivity index (χ2n) is 6.78. The smallest absolute Gasteiger partial charge is 0.311 e. The lowest BCUT2D eigenvalue weighted by molar-refractivity contribution is -0.138. The quantitative estimate of drug-likeness (QED) is 0.862. The van der Waals surface area contributed by atoms with Crippen LogP contribution in [-0.2, 0) is 22.6 Å². The summed E-state index contributed by atoms with van der Waals surface area (Å²) in [5.41, 5.74) is 0.285. The fourth-order valence-corrected chi connectivity index (χ4v) is 5.13. The minimum absolute atomic E-state index is 0.0827. The first-order chi connectivity index (χ1) is 12.0. The number of hydrogen-bond acceptors (Lipinski definition) is 5. The molecular weight excluding hydrogens is 342 g/mol. The summed E-state index contributed by atoms with van der Waals surface area (Å²) >= 11 is 1.39. The van der Waals surface area contributed by atoms with Crippen molar-refractivity contribution in [3.05, 3.63) is 27.1 Å². The normalized spacial score (nSPS) is 20.1. The van der Waals surface area contributed by atoms with Crippen molar-refractivity contribution in [2.75, 3.05) is 0 Å². The Bertz CT molecular complexity index is 910. The Morgan fingerprint density at radius 2 is 2.08 bits per heavy atom. The van der Waals surface area contributed by atoms with Gasteiger partial charge in [-0.15, -0.1) is 11.3 Å². The Hall–Kier alpha value is -2.22. The molecule has 0 aromatic carbocycles. The van der Waals surface area contributed by atoms with Gasteiger partial charge < -0.3 is 10.4 Å². The molecule has 8 heteroatoms. The average molecular weight is 361 g/mol. The molecule has 2 aliphatic rings. The highest BCUT2D eigenvalue weighted by atomic mass is 32.1. The minimum Gasteiger partial charge on any atom is -0.481 e. The van der Waals surface area contributed by atoms with Gasteiger partial charge in [-0.05, 0) is 31.2 Å². The van der Waals surface area contributed by atoms with Crippen molar-refractivity contribution in [3.8, 4) is 0 Å². The summed E-state index contributed by atoms with van der Waals surface area (Å²) in [4.78, 5) is 42.3. The summed E-state index contributed by atoms with van der Waals surface area (Å²) in [5.74, 6) is -1.76. The van der Waals surface area contributed by atoms with Crippen LogP contribution in [-0.4, -0.2) is 32.6 Å². The first kappa shape index (κ1) is 16.3. The maximum Gasteiger partial charge on any atom is 0.311 e. The number of hydrogen-bond donors (Lipinski definition) is 2. The van der Waals surface area contributed by atoms with Crippen molar-refractivity contribution in [2.45, 2.75) is 57.0 Å². The van der Waals surface area contributed by atoms with Crippen molar-refractivity contribution in [2.24, 2.45) is 0 Å². The van der Waals surface area contributed by atoms with E-state index in [1.807, 2.05) is 0 Å². The molecule has 0 bridgehead atoms. The van der Waals surface area contributed by atoms with E-state index >= 15 is 0 Å². The first-order valence-electron chi connectivity index (χ1n) is 8.57. The van der Waals surface area contributed by atoms with Crippen LogP contribution in [0.5, 0.6) is 0 Å². The molecule has 0 spiro atoms. The number of aryl methyl sites for hydroxylation is 1. The van der Waals surface area contributed by atoms with Crippen LogP contribution in [0.3, 0.4) is 0 Å². The third-order valence-corrected chi connectivity index (χ3v) is 6.31. The van der Waals surface area contributed by atoms with Crippen LogP contribution in [0.15, 0.2) is 11.1 Å². The molecule has 1 atom stereocenters. The Balaban J connectivity index is 1.66. The van der Waals surface area contributed by atoms with E-state index in [4.69, 9.17) is 0 Å². The van der Waals surface area contributed by atoms with Crippen molar-refractivity contribution in [3.63, 3.8) is 0 Å². The number of carbonyl (C=O) groups is 2. The molecule has 4 rings (SSSR count). The molecule has 1 amide bonds. The predicted molar refractivity (Wildman–Crippen MR) is 93.0 cm³/mol. The van der Waals surface area contributed by atoms with Crippen LogP contribution in [0.4, 0.5) is 0 Å². The second-order valence-corrected chi connectivity index (χ2v) is 7.86. The molecule has 0 aliphatic heterocycles. The summed E-state index contributed by atoms with van der Waals surface area (Å²) < 4.78 is 1.29. The topological polar surface area (TPSA) is 101 Å². The van der Waals surface area contributed by atoms with Gasteiger partial charge in [0.05, 0.1) is 17.6 Å². The van der Waals surface area contributed by atoms with E-state index in [0.717, 1.165) is 30.6 Å². The molecule has 7 nitrogen and oxygen atoms in total. The number of amides is 1. The standard InChI is InChI=1S/C17H19N3O4S/c21-12(19-9-3-1-2-4-9)7-20-8-18-15-14(16(20)22)13-10(17(23)24)5-6-11(13)25-15/h8-10H,1-7H2,(H,19,21)(H,23,24). The Morgan fingerprint density at radius 1 is 1.32 bits per heavy atom. The number of carboxylic acid groups (broad SMARTS) is 1. The molecule has 2 aliphatic carbocycles. The van der Waals surface area contributed by atoms with Crippen molar-refractivity contribution in [1.82, 2.24) is 14.9 Å². The Kier molecular flexibility index (Phi) is 4.07. The molecule has 1 saturated carbocycles. The molecule has 25 heavy (non-hydrogen) atoms. The third kappa shape index (κ3) is 2.84. The second kappa shape index (κ2) is 6.25. The highest BCUT2D eigenvalue weighted by Crippen LogP contribution is 2.41. The van der Waals surface area contributed by atoms with Crippen LogP contribution < -0.4 is 10.9 Å². The molecule has 2 heterocycles. The molecule has 0 radical (unpaired) electrons. The fourth-order valence-electron chi connectivity index (χ4n) is 3.92. The molecular formula is C17H19N3O4S. The molecule has 2 N–H and O–H groups in total. The van der Waals surface area contributed by atoms with Gasteiger partial charge in [-0.3, -0.25) is 19.0 Å². The number of nitrogens with one attached hydrogen (secondary N) is 1. The first-order valence-corrected chi connectivity index (χ1v) is 9.39. The summed E-state index contributed by atoms with van der Waals surface area (Å²) in [6.45, 7) is -0.0827. The number of aromatic nitrogens is 2. The molecule has 0 saturated heterocycles. The van der Waals surface area contributed by atoms with Gasteiger partial charge in [0.25, 0.3) is 5.56 Å². The molecule has 2 aromatic rings. The highest BCUT2D eigenvalue weighted by molar-refractivity contribution is 7.18. The largest absolute Gasteiger partial charge is 0.481 e. The number of thiophene rings is 1. The number of nitrogens with zero attached hydrogens (tertiary/aromatic N) is 2. The van der Waals surface area contributed by atoms with Gasteiger partial charge in [0, 0.05) is 10.9 Å². The van der Waals surface area contributed by atoms with Gasteiger partial charge in [0.15, 0.2) is 0 Å². The molecule has 1 unspecified atom stereocenters. The molecule has 132 valence electrons. The lowest BCUT2D eigenvalue weighted by Crippen LogP contribution is -2.37. The Morgan fingerprint density at radius 3 is 2.80 bits per heavy atom. The SMILES string of the molecule is O=C(Cn1cnc2sc3c(c2c1=O)C(C(=O)O)CC3)NC1CCCC1. The van der Waals surface area contributed by atoms with Crippen LogP contribution in [0.25, 0.3) is 10.2 Å². The highest BCUT2D eigenvalue weighted by Gasteiger charge is 2.34. The summed E-state index contributed by atoms with van der Waals surface area (Å²) in [6, 6.07) is 0.196. The number of rotatable bonds is 4. The Labute approximate surface area is 147 Å². The van der Waals surface area contributed by atoms with Gasteiger partial charge in [0.1, 0.15) is 11.4 Å². The van der Waals surface area contributed by atoms with Gasteiger partial charge in [-0.1, -0.05) is 12.8 Å². The van der Waals surface area contributed by atoms with Crippen LogP contribution in [0.1, 0.15) is 48.5 Å². The lowest BCUT2D eigenvalue weighted by atomic mass is 10.0. The van der Waals surface area contributed by atoms with Gasteiger partial charge in [-0.2, -0.15) is 0 Å². The van der Waals surface area contributed by atoms with Gasteiger partial charge in [-0.25, -0.2) is 4.98 Å². The summed E-state index contributed by atoms with van der Waals surface area (Å²) in [7, 11) is 0.